The first-order chi connectivity index (χ1) is 10.1. The van der Waals surface area contributed by atoms with Gasteiger partial charge in [0.15, 0.2) is 0 Å². The maximum absolute atomic E-state index is 11.9. The molecule has 8 nitrogen and oxygen atoms in total. The molecule has 3 N–H and O–H groups in total. The van der Waals surface area contributed by atoms with Gasteiger partial charge in [-0.25, -0.2) is 9.48 Å². The number of amides is 2. The number of aromatic nitrogens is 3. The van der Waals surface area contributed by atoms with E-state index in [1.807, 2.05) is 0 Å². The number of carbonyl (C=O) groups excluding carboxylic acids is 1. The first-order valence-corrected chi connectivity index (χ1v) is 7.27. The Labute approximate surface area is 121 Å². The number of nitrogens with zero attached hydrogens (tertiary/aromatic N) is 3. The largest absolute Gasteiger partial charge is 0.480 e. The molecule has 0 bridgehead atoms. The smallest absolute Gasteiger partial charge is 0.325 e. The maximum atomic E-state index is 11.9. The number of carboxylic acid groups (broad SMARTS) is 1. The Hall–Kier alpha value is -2.12. The van der Waals surface area contributed by atoms with Crippen molar-refractivity contribution >= 4 is 12.0 Å². The van der Waals surface area contributed by atoms with Crippen molar-refractivity contribution in [1.82, 2.24) is 25.6 Å². The average molecular weight is 293 g/mol. The fourth-order valence-electron chi connectivity index (χ4n) is 2.54. The lowest BCUT2D eigenvalue weighted by Gasteiger charge is -2.17. The van der Waals surface area contributed by atoms with E-state index in [9.17, 15) is 9.59 Å². The number of carboxylic acids is 1. The molecule has 0 radical (unpaired) electrons. The van der Waals surface area contributed by atoms with Crippen LogP contribution in [0, 0.1) is 11.8 Å². The van der Waals surface area contributed by atoms with Crippen LogP contribution in [-0.4, -0.2) is 38.1 Å². The molecule has 1 aromatic heterocycles. The zero-order valence-corrected chi connectivity index (χ0v) is 11.7. The molecule has 0 atom stereocenters. The Kier molecular flexibility index (Phi) is 3.76. The van der Waals surface area contributed by atoms with Crippen LogP contribution < -0.4 is 10.6 Å². The highest BCUT2D eigenvalue weighted by Crippen LogP contribution is 2.44. The van der Waals surface area contributed by atoms with Crippen LogP contribution in [0.2, 0.25) is 0 Å². The third-order valence-electron chi connectivity index (χ3n) is 3.87. The van der Waals surface area contributed by atoms with Gasteiger partial charge in [-0.3, -0.25) is 4.79 Å². The van der Waals surface area contributed by atoms with Crippen LogP contribution in [0.5, 0.6) is 0 Å². The van der Waals surface area contributed by atoms with Gasteiger partial charge in [0.2, 0.25) is 0 Å². The topological polar surface area (TPSA) is 109 Å². The van der Waals surface area contributed by atoms with Crippen molar-refractivity contribution in [2.75, 3.05) is 0 Å². The van der Waals surface area contributed by atoms with Gasteiger partial charge >= 0.3 is 12.0 Å². The molecule has 21 heavy (non-hydrogen) atoms. The van der Waals surface area contributed by atoms with Crippen molar-refractivity contribution in [2.24, 2.45) is 11.8 Å². The SMILES string of the molecule is O=C(O)Cn1cc(CNC(=O)NC(C2CC2)C2CC2)nn1. The Morgan fingerprint density at radius 2 is 2.00 bits per heavy atom. The second-order valence-electron chi connectivity index (χ2n) is 5.83. The number of urea groups is 1. The number of carbonyl (C=O) groups is 2. The number of nitrogens with one attached hydrogen (secondary N) is 2. The Morgan fingerprint density at radius 1 is 1.33 bits per heavy atom. The third-order valence-corrected chi connectivity index (χ3v) is 3.87. The normalized spacial score (nSPS) is 17.8. The zero-order valence-electron chi connectivity index (χ0n) is 11.7. The molecule has 114 valence electrons. The van der Waals surface area contributed by atoms with Crippen molar-refractivity contribution in [3.63, 3.8) is 0 Å². The van der Waals surface area contributed by atoms with Crippen molar-refractivity contribution < 1.29 is 14.7 Å². The van der Waals surface area contributed by atoms with Gasteiger partial charge in [0.25, 0.3) is 0 Å². The molecule has 3 rings (SSSR count). The zero-order chi connectivity index (χ0) is 14.8. The molecule has 2 aliphatic carbocycles. The Bertz CT molecular complexity index is 524. The summed E-state index contributed by atoms with van der Waals surface area (Å²) in [5, 5.41) is 21.9. The second-order valence-corrected chi connectivity index (χ2v) is 5.83. The van der Waals surface area contributed by atoms with Gasteiger partial charge < -0.3 is 15.7 Å². The van der Waals surface area contributed by atoms with Crippen LogP contribution >= 0.6 is 0 Å². The van der Waals surface area contributed by atoms with E-state index in [0.717, 1.165) is 0 Å². The molecule has 2 fully saturated rings. The van der Waals surface area contributed by atoms with Gasteiger partial charge in [-0.15, -0.1) is 5.10 Å². The predicted molar refractivity (Wildman–Crippen MR) is 72.3 cm³/mol. The van der Waals surface area contributed by atoms with Crippen molar-refractivity contribution in [3.05, 3.63) is 11.9 Å². The lowest BCUT2D eigenvalue weighted by Crippen LogP contribution is -2.44. The quantitative estimate of drug-likeness (QED) is 0.672. The summed E-state index contributed by atoms with van der Waals surface area (Å²) in [5.74, 6) is 0.327. The molecular formula is C13H19N5O3. The summed E-state index contributed by atoms with van der Waals surface area (Å²) in [4.78, 5) is 22.4. The summed E-state index contributed by atoms with van der Waals surface area (Å²) in [6.07, 6.45) is 6.37. The Morgan fingerprint density at radius 3 is 2.57 bits per heavy atom. The average Bonchev–Trinajstić information content (AvgIpc) is 3.32. The molecule has 2 saturated carbocycles. The first kappa shape index (κ1) is 13.8. The predicted octanol–water partition coefficient (Wildman–Crippen LogP) is 0.350. The number of hydrogen-bond acceptors (Lipinski definition) is 4. The van der Waals surface area contributed by atoms with Gasteiger partial charge in [0, 0.05) is 6.04 Å². The molecule has 0 aromatic carbocycles. The highest BCUT2D eigenvalue weighted by molar-refractivity contribution is 5.74. The van der Waals surface area contributed by atoms with E-state index in [-0.39, 0.29) is 19.1 Å². The highest BCUT2D eigenvalue weighted by Gasteiger charge is 2.42. The van der Waals surface area contributed by atoms with Crippen LogP contribution in [0.3, 0.4) is 0 Å². The van der Waals surface area contributed by atoms with E-state index >= 15 is 0 Å². The van der Waals surface area contributed by atoms with Crippen molar-refractivity contribution in [1.29, 1.82) is 0 Å². The lowest BCUT2D eigenvalue weighted by molar-refractivity contribution is -0.137. The van der Waals surface area contributed by atoms with E-state index in [1.54, 1.807) is 0 Å². The summed E-state index contributed by atoms with van der Waals surface area (Å²) in [7, 11) is 0. The summed E-state index contributed by atoms with van der Waals surface area (Å²) < 4.78 is 1.23. The monoisotopic (exact) mass is 293 g/mol. The Balaban J connectivity index is 1.44. The van der Waals surface area contributed by atoms with E-state index in [4.69, 9.17) is 5.11 Å². The molecule has 2 amide bonds. The van der Waals surface area contributed by atoms with Crippen molar-refractivity contribution in [3.8, 4) is 0 Å². The van der Waals surface area contributed by atoms with Crippen molar-refractivity contribution in [2.45, 2.75) is 44.8 Å². The molecule has 1 aromatic rings. The van der Waals surface area contributed by atoms with E-state index in [1.165, 1.54) is 36.6 Å². The molecule has 0 aliphatic heterocycles. The van der Waals surface area contributed by atoms with Gasteiger partial charge in [-0.05, 0) is 37.5 Å². The van der Waals surface area contributed by atoms with E-state index < -0.39 is 5.97 Å². The summed E-state index contributed by atoms with van der Waals surface area (Å²) in [6.45, 7) is 0.0120. The van der Waals surface area contributed by atoms with Crippen LogP contribution in [0.1, 0.15) is 31.4 Å². The summed E-state index contributed by atoms with van der Waals surface area (Å²) >= 11 is 0. The molecule has 1 heterocycles. The van der Waals surface area contributed by atoms with Gasteiger partial charge in [-0.2, -0.15) is 0 Å². The second kappa shape index (κ2) is 5.71. The molecule has 0 unspecified atom stereocenters. The van der Waals surface area contributed by atoms with Crippen LogP contribution in [0.4, 0.5) is 4.79 Å². The van der Waals surface area contributed by atoms with Crippen LogP contribution in [0.15, 0.2) is 6.20 Å². The van der Waals surface area contributed by atoms with Crippen LogP contribution in [-0.2, 0) is 17.9 Å². The summed E-state index contributed by atoms with van der Waals surface area (Å²) in [5.41, 5.74) is 0.542. The van der Waals surface area contributed by atoms with E-state index in [0.29, 0.717) is 23.6 Å². The fourth-order valence-corrected chi connectivity index (χ4v) is 2.54. The molecular weight excluding hydrogens is 274 g/mol. The minimum atomic E-state index is -0.978. The minimum Gasteiger partial charge on any atom is -0.480 e. The van der Waals surface area contributed by atoms with Gasteiger partial charge in [-0.1, -0.05) is 5.21 Å². The number of aliphatic carboxylic acids is 1. The first-order valence-electron chi connectivity index (χ1n) is 7.27. The maximum Gasteiger partial charge on any atom is 0.325 e. The summed E-state index contributed by atoms with van der Waals surface area (Å²) in [6, 6.07) is 0.124. The van der Waals surface area contributed by atoms with E-state index in [2.05, 4.69) is 20.9 Å². The fraction of sp³-hybridized carbons (Fsp3) is 0.692. The van der Waals surface area contributed by atoms with Gasteiger partial charge in [0.1, 0.15) is 12.2 Å². The lowest BCUT2D eigenvalue weighted by atomic mass is 10.1. The van der Waals surface area contributed by atoms with Gasteiger partial charge in [0.05, 0.1) is 12.7 Å². The molecule has 2 aliphatic rings. The third kappa shape index (κ3) is 3.93. The number of rotatable bonds is 7. The molecule has 0 saturated heterocycles. The molecule has 8 heteroatoms. The standard InChI is InChI=1S/C13H19N5O3/c19-11(20)7-18-6-10(16-17-18)5-14-13(21)15-12(8-1-2-8)9-3-4-9/h6,8-9,12H,1-5,7H2,(H,19,20)(H2,14,15,21). The number of hydrogen-bond donors (Lipinski definition) is 3. The molecule has 0 spiro atoms. The highest BCUT2D eigenvalue weighted by atomic mass is 16.4. The van der Waals surface area contributed by atoms with Crippen LogP contribution in [0.25, 0.3) is 0 Å². The minimum absolute atomic E-state index is 0.188.